The second kappa shape index (κ2) is 5.22. The number of rotatable bonds is 2. The first-order valence-corrected chi connectivity index (χ1v) is 6.94. The van der Waals surface area contributed by atoms with Gasteiger partial charge in [0.2, 0.25) is 0 Å². The Morgan fingerprint density at radius 1 is 1.24 bits per heavy atom. The molecule has 1 aromatic heterocycles. The molecule has 0 fully saturated rings. The number of nitrogen functional groups attached to an aromatic ring is 1. The van der Waals surface area contributed by atoms with Crippen LogP contribution in [0.3, 0.4) is 0 Å². The summed E-state index contributed by atoms with van der Waals surface area (Å²) in [5, 5.41) is 1.16. The molecule has 4 nitrogen and oxygen atoms in total. The van der Waals surface area contributed by atoms with E-state index in [1.54, 1.807) is 22.8 Å². The van der Waals surface area contributed by atoms with Crippen molar-refractivity contribution in [1.82, 2.24) is 9.55 Å². The summed E-state index contributed by atoms with van der Waals surface area (Å²) in [6.45, 7) is 2.20. The topological polar surface area (TPSA) is 60.9 Å². The fraction of sp³-hybridized carbons (Fsp3) is 0.125. The number of benzene rings is 2. The lowest BCUT2D eigenvalue weighted by atomic mass is 10.2. The maximum Gasteiger partial charge on any atom is 0.261 e. The van der Waals surface area contributed by atoms with Gasteiger partial charge >= 0.3 is 0 Å². The zero-order valence-electron chi connectivity index (χ0n) is 11.5. The standard InChI is InChI=1S/C16H14ClN3O/c1-10-19-15-7-6-12(18)8-13(15)16(21)20(10)9-11-4-2-3-5-14(11)17/h2-8H,9,18H2,1H3. The van der Waals surface area contributed by atoms with Crippen molar-refractivity contribution in [2.75, 3.05) is 5.73 Å². The number of aryl methyl sites for hydroxylation is 1. The van der Waals surface area contributed by atoms with Crippen molar-refractivity contribution in [3.8, 4) is 0 Å². The Bertz CT molecular complexity index is 886. The molecule has 0 aliphatic rings. The third-order valence-electron chi connectivity index (χ3n) is 3.46. The predicted octanol–water partition coefficient (Wildman–Crippen LogP) is 2.99. The summed E-state index contributed by atoms with van der Waals surface area (Å²) in [4.78, 5) is 17.1. The van der Waals surface area contributed by atoms with Gasteiger partial charge in [0.15, 0.2) is 0 Å². The minimum absolute atomic E-state index is 0.107. The molecule has 0 saturated heterocycles. The number of nitrogens with zero attached hydrogens (tertiary/aromatic N) is 2. The largest absolute Gasteiger partial charge is 0.399 e. The molecule has 2 aromatic carbocycles. The number of hydrogen-bond acceptors (Lipinski definition) is 3. The molecule has 5 heteroatoms. The third kappa shape index (κ3) is 2.50. The Hall–Kier alpha value is -2.33. The van der Waals surface area contributed by atoms with Crippen LogP contribution in [0, 0.1) is 6.92 Å². The lowest BCUT2D eigenvalue weighted by Gasteiger charge is -2.12. The number of anilines is 1. The molecule has 0 bridgehead atoms. The summed E-state index contributed by atoms with van der Waals surface area (Å²) in [6, 6.07) is 12.6. The Morgan fingerprint density at radius 2 is 2.00 bits per heavy atom. The normalized spacial score (nSPS) is 11.0. The van der Waals surface area contributed by atoms with E-state index in [9.17, 15) is 4.79 Å². The molecule has 0 unspecified atom stereocenters. The van der Waals surface area contributed by atoms with E-state index in [2.05, 4.69) is 4.98 Å². The second-order valence-electron chi connectivity index (χ2n) is 4.92. The van der Waals surface area contributed by atoms with E-state index in [1.165, 1.54) is 0 Å². The molecule has 106 valence electrons. The van der Waals surface area contributed by atoms with Crippen LogP contribution in [0.25, 0.3) is 10.9 Å². The zero-order chi connectivity index (χ0) is 15.0. The molecule has 3 aromatic rings. The Kier molecular flexibility index (Phi) is 3.39. The minimum Gasteiger partial charge on any atom is -0.399 e. The van der Waals surface area contributed by atoms with E-state index in [0.717, 1.165) is 5.56 Å². The van der Waals surface area contributed by atoms with Crippen LogP contribution in [-0.4, -0.2) is 9.55 Å². The highest BCUT2D eigenvalue weighted by molar-refractivity contribution is 6.31. The van der Waals surface area contributed by atoms with Crippen LogP contribution in [-0.2, 0) is 6.54 Å². The van der Waals surface area contributed by atoms with Crippen molar-refractivity contribution < 1.29 is 0 Å². The van der Waals surface area contributed by atoms with Gasteiger partial charge in [-0.3, -0.25) is 9.36 Å². The van der Waals surface area contributed by atoms with Crippen molar-refractivity contribution in [1.29, 1.82) is 0 Å². The molecule has 0 amide bonds. The Morgan fingerprint density at radius 3 is 2.76 bits per heavy atom. The Labute approximate surface area is 126 Å². The van der Waals surface area contributed by atoms with Crippen LogP contribution in [0.5, 0.6) is 0 Å². The van der Waals surface area contributed by atoms with E-state index in [1.807, 2.05) is 31.2 Å². The molecule has 3 rings (SSSR count). The van der Waals surface area contributed by atoms with Gasteiger partial charge < -0.3 is 5.73 Å². The van der Waals surface area contributed by atoms with Gasteiger partial charge in [-0.1, -0.05) is 29.8 Å². The lowest BCUT2D eigenvalue weighted by molar-refractivity contribution is 0.713. The molecular weight excluding hydrogens is 286 g/mol. The van der Waals surface area contributed by atoms with Crippen molar-refractivity contribution in [3.63, 3.8) is 0 Å². The van der Waals surface area contributed by atoms with Crippen LogP contribution >= 0.6 is 11.6 Å². The molecule has 21 heavy (non-hydrogen) atoms. The molecule has 1 heterocycles. The van der Waals surface area contributed by atoms with E-state index in [0.29, 0.717) is 34.0 Å². The first-order chi connectivity index (χ1) is 10.1. The first-order valence-electron chi connectivity index (χ1n) is 6.56. The molecule has 2 N–H and O–H groups in total. The van der Waals surface area contributed by atoms with Crippen LogP contribution in [0.15, 0.2) is 47.3 Å². The fourth-order valence-electron chi connectivity index (χ4n) is 2.33. The molecule has 0 radical (unpaired) electrons. The predicted molar refractivity (Wildman–Crippen MR) is 85.7 cm³/mol. The Balaban J connectivity index is 2.19. The van der Waals surface area contributed by atoms with Gasteiger partial charge in [-0.2, -0.15) is 0 Å². The number of hydrogen-bond donors (Lipinski definition) is 1. The van der Waals surface area contributed by atoms with E-state index < -0.39 is 0 Å². The van der Waals surface area contributed by atoms with Crippen LogP contribution in [0.2, 0.25) is 5.02 Å². The second-order valence-corrected chi connectivity index (χ2v) is 5.33. The summed E-state index contributed by atoms with van der Waals surface area (Å²) >= 11 is 6.17. The molecule has 0 aliphatic carbocycles. The van der Waals surface area contributed by atoms with Gasteiger partial charge in [0.25, 0.3) is 5.56 Å². The fourth-order valence-corrected chi connectivity index (χ4v) is 2.53. The average molecular weight is 300 g/mol. The van der Waals surface area contributed by atoms with Crippen molar-refractivity contribution in [2.24, 2.45) is 0 Å². The molecule has 0 spiro atoms. The van der Waals surface area contributed by atoms with Crippen molar-refractivity contribution in [3.05, 3.63) is 69.2 Å². The quantitative estimate of drug-likeness (QED) is 0.740. The summed E-state index contributed by atoms with van der Waals surface area (Å²) in [5.41, 5.74) is 7.74. The highest BCUT2D eigenvalue weighted by Crippen LogP contribution is 2.17. The van der Waals surface area contributed by atoms with Gasteiger partial charge in [-0.15, -0.1) is 0 Å². The molecular formula is C16H14ClN3O. The lowest BCUT2D eigenvalue weighted by Crippen LogP contribution is -2.24. The molecule has 0 saturated carbocycles. The maximum atomic E-state index is 12.6. The summed E-state index contributed by atoms with van der Waals surface area (Å²) in [7, 11) is 0. The number of fused-ring (bicyclic) bond motifs is 1. The summed E-state index contributed by atoms with van der Waals surface area (Å²) < 4.78 is 1.61. The molecule has 0 aliphatic heterocycles. The average Bonchev–Trinajstić information content (AvgIpc) is 2.46. The summed E-state index contributed by atoms with van der Waals surface area (Å²) in [5.74, 6) is 0.650. The first kappa shape index (κ1) is 13.6. The summed E-state index contributed by atoms with van der Waals surface area (Å²) in [6.07, 6.45) is 0. The van der Waals surface area contributed by atoms with E-state index in [-0.39, 0.29) is 5.56 Å². The molecule has 0 atom stereocenters. The van der Waals surface area contributed by atoms with Gasteiger partial charge in [0, 0.05) is 10.7 Å². The monoisotopic (exact) mass is 299 g/mol. The van der Waals surface area contributed by atoms with Crippen LogP contribution < -0.4 is 11.3 Å². The van der Waals surface area contributed by atoms with Crippen molar-refractivity contribution in [2.45, 2.75) is 13.5 Å². The number of aromatic nitrogens is 2. The zero-order valence-corrected chi connectivity index (χ0v) is 12.3. The van der Waals surface area contributed by atoms with Crippen molar-refractivity contribution >= 4 is 28.2 Å². The van der Waals surface area contributed by atoms with Crippen LogP contribution in [0.4, 0.5) is 5.69 Å². The van der Waals surface area contributed by atoms with Gasteiger partial charge in [-0.05, 0) is 36.8 Å². The smallest absolute Gasteiger partial charge is 0.261 e. The van der Waals surface area contributed by atoms with Gasteiger partial charge in [0.1, 0.15) is 5.82 Å². The number of nitrogens with two attached hydrogens (primary N) is 1. The van der Waals surface area contributed by atoms with E-state index >= 15 is 0 Å². The maximum absolute atomic E-state index is 12.6. The highest BCUT2D eigenvalue weighted by atomic mass is 35.5. The van der Waals surface area contributed by atoms with E-state index in [4.69, 9.17) is 17.3 Å². The van der Waals surface area contributed by atoms with Gasteiger partial charge in [-0.25, -0.2) is 4.98 Å². The highest BCUT2D eigenvalue weighted by Gasteiger charge is 2.10. The SMILES string of the molecule is Cc1nc2ccc(N)cc2c(=O)n1Cc1ccccc1Cl. The minimum atomic E-state index is -0.107. The third-order valence-corrected chi connectivity index (χ3v) is 3.82. The number of halogens is 1. The van der Waals surface area contributed by atoms with Crippen LogP contribution in [0.1, 0.15) is 11.4 Å². The van der Waals surface area contributed by atoms with Gasteiger partial charge in [0.05, 0.1) is 17.4 Å².